The van der Waals surface area contributed by atoms with Gasteiger partial charge in [-0.25, -0.2) is 8.42 Å². The van der Waals surface area contributed by atoms with Crippen molar-refractivity contribution in [2.24, 2.45) is 4.40 Å². The molecule has 0 aliphatic carbocycles. The van der Waals surface area contributed by atoms with E-state index < -0.39 is 10.0 Å². The van der Waals surface area contributed by atoms with E-state index >= 15 is 0 Å². The van der Waals surface area contributed by atoms with Gasteiger partial charge in [-0.1, -0.05) is 48.5 Å². The first-order valence-electron chi connectivity index (χ1n) is 8.92. The predicted molar refractivity (Wildman–Crippen MR) is 109 cm³/mol. The molecular formula is C21H19N3O3S. The molecule has 0 saturated heterocycles. The van der Waals surface area contributed by atoms with Crippen LogP contribution in [0.1, 0.15) is 11.1 Å². The van der Waals surface area contributed by atoms with Gasteiger partial charge in [0.1, 0.15) is 5.84 Å². The second-order valence-corrected chi connectivity index (χ2v) is 8.37. The van der Waals surface area contributed by atoms with Crippen LogP contribution in [-0.2, 0) is 21.2 Å². The molecule has 0 fully saturated rings. The third kappa shape index (κ3) is 4.04. The summed E-state index contributed by atoms with van der Waals surface area (Å²) in [5, 5.41) is 2.97. The molecule has 0 spiro atoms. The maximum Gasteiger partial charge on any atom is 0.257 e. The minimum atomic E-state index is -3.41. The zero-order valence-corrected chi connectivity index (χ0v) is 15.9. The van der Waals surface area contributed by atoms with Crippen LogP contribution in [0, 0.1) is 0 Å². The molecule has 0 atom stereocenters. The maximum absolute atomic E-state index is 12.8. The number of nitrogens with zero attached hydrogens (tertiary/aromatic N) is 2. The number of hydrogen-bond donors (Lipinski definition) is 1. The van der Waals surface area contributed by atoms with Crippen LogP contribution in [-0.4, -0.2) is 37.4 Å². The number of anilines is 1. The molecule has 0 unspecified atom stereocenters. The van der Waals surface area contributed by atoms with E-state index in [1.54, 1.807) is 23.3 Å². The molecule has 2 aliphatic heterocycles. The minimum absolute atomic E-state index is 0.0599. The first-order chi connectivity index (χ1) is 13.5. The molecule has 0 radical (unpaired) electrons. The summed E-state index contributed by atoms with van der Waals surface area (Å²) in [4.78, 5) is 14.4. The summed E-state index contributed by atoms with van der Waals surface area (Å²) in [5.74, 6) is 0.0341. The molecule has 28 heavy (non-hydrogen) atoms. The zero-order valence-electron chi connectivity index (χ0n) is 15.1. The van der Waals surface area contributed by atoms with Crippen molar-refractivity contribution in [2.45, 2.75) is 6.42 Å². The summed E-state index contributed by atoms with van der Waals surface area (Å²) in [6.45, 7) is 0.285. The molecule has 2 aromatic rings. The number of rotatable bonds is 4. The van der Waals surface area contributed by atoms with Gasteiger partial charge in [0.25, 0.3) is 15.9 Å². The van der Waals surface area contributed by atoms with Gasteiger partial charge in [-0.2, -0.15) is 0 Å². The van der Waals surface area contributed by atoms with Gasteiger partial charge >= 0.3 is 0 Å². The van der Waals surface area contributed by atoms with Crippen LogP contribution in [0.4, 0.5) is 5.69 Å². The smallest absolute Gasteiger partial charge is 0.257 e. The number of benzene rings is 2. The lowest BCUT2D eigenvalue weighted by Crippen LogP contribution is -2.37. The van der Waals surface area contributed by atoms with E-state index in [0.717, 1.165) is 16.8 Å². The number of amides is 1. The van der Waals surface area contributed by atoms with Crippen molar-refractivity contribution in [3.63, 3.8) is 0 Å². The molecule has 2 heterocycles. The number of hydrogen-bond acceptors (Lipinski definition) is 4. The molecule has 1 N–H and O–H groups in total. The van der Waals surface area contributed by atoms with E-state index in [1.807, 2.05) is 42.5 Å². The van der Waals surface area contributed by atoms with Gasteiger partial charge in [0, 0.05) is 18.4 Å². The quantitative estimate of drug-likeness (QED) is 0.866. The average Bonchev–Trinajstić information content (AvgIpc) is 2.69. The lowest BCUT2D eigenvalue weighted by molar-refractivity contribution is -0.112. The fraction of sp³-hybridized carbons (Fsp3) is 0.143. The Morgan fingerprint density at radius 3 is 2.61 bits per heavy atom. The molecule has 2 aromatic carbocycles. The highest BCUT2D eigenvalue weighted by molar-refractivity contribution is 7.90. The highest BCUT2D eigenvalue weighted by Gasteiger charge is 2.25. The van der Waals surface area contributed by atoms with Crippen LogP contribution in [0.25, 0.3) is 0 Å². The SMILES string of the molecule is O=C(Nc1ccccc1Cc1ccccc1)C1=CN2CCS(=O)(=O)N=C2C=C1. The van der Waals surface area contributed by atoms with Crippen molar-refractivity contribution in [3.8, 4) is 0 Å². The number of para-hydroxylation sites is 1. The fourth-order valence-corrected chi connectivity index (χ4v) is 4.11. The highest BCUT2D eigenvalue weighted by atomic mass is 32.2. The van der Waals surface area contributed by atoms with E-state index in [4.69, 9.17) is 0 Å². The van der Waals surface area contributed by atoms with Gasteiger partial charge in [-0.3, -0.25) is 4.79 Å². The molecule has 6 nitrogen and oxygen atoms in total. The van der Waals surface area contributed by atoms with Crippen LogP contribution < -0.4 is 5.32 Å². The van der Waals surface area contributed by atoms with E-state index in [0.29, 0.717) is 17.8 Å². The van der Waals surface area contributed by atoms with Crippen molar-refractivity contribution >= 4 is 27.5 Å². The lowest BCUT2D eigenvalue weighted by atomic mass is 10.0. The van der Waals surface area contributed by atoms with E-state index in [9.17, 15) is 13.2 Å². The first-order valence-corrected chi connectivity index (χ1v) is 10.5. The number of nitrogens with one attached hydrogen (secondary N) is 1. The third-order valence-corrected chi connectivity index (χ3v) is 5.75. The fourth-order valence-electron chi connectivity index (χ4n) is 3.14. The summed E-state index contributed by atoms with van der Waals surface area (Å²) in [5.41, 5.74) is 3.39. The molecule has 142 valence electrons. The maximum atomic E-state index is 12.8. The van der Waals surface area contributed by atoms with Crippen LogP contribution >= 0.6 is 0 Å². The highest BCUT2D eigenvalue weighted by Crippen LogP contribution is 2.21. The largest absolute Gasteiger partial charge is 0.330 e. The average molecular weight is 393 g/mol. The molecule has 1 amide bonds. The Bertz CT molecular complexity index is 1100. The second-order valence-electron chi connectivity index (χ2n) is 6.62. The number of fused-ring (bicyclic) bond motifs is 1. The van der Waals surface area contributed by atoms with Crippen molar-refractivity contribution < 1.29 is 13.2 Å². The van der Waals surface area contributed by atoms with Crippen LogP contribution in [0.5, 0.6) is 0 Å². The molecule has 7 heteroatoms. The predicted octanol–water partition coefficient (Wildman–Crippen LogP) is 2.71. The summed E-state index contributed by atoms with van der Waals surface area (Å²) in [6, 6.07) is 17.8. The Balaban J connectivity index is 1.52. The molecule has 2 aliphatic rings. The van der Waals surface area contributed by atoms with Gasteiger partial charge < -0.3 is 10.2 Å². The number of carbonyl (C=O) groups is 1. The third-order valence-electron chi connectivity index (χ3n) is 4.59. The molecule has 4 rings (SSSR count). The normalized spacial score (nSPS) is 17.4. The van der Waals surface area contributed by atoms with Gasteiger partial charge in [0.15, 0.2) is 0 Å². The van der Waals surface area contributed by atoms with Crippen LogP contribution in [0.15, 0.2) is 82.9 Å². The Kier molecular flexibility index (Phi) is 4.83. The van der Waals surface area contributed by atoms with E-state index in [-0.39, 0.29) is 18.2 Å². The van der Waals surface area contributed by atoms with Gasteiger partial charge in [0.2, 0.25) is 0 Å². The summed E-state index contributed by atoms with van der Waals surface area (Å²) in [6.07, 6.45) is 5.50. The molecule has 0 bridgehead atoms. The van der Waals surface area contributed by atoms with Crippen LogP contribution in [0.2, 0.25) is 0 Å². The van der Waals surface area contributed by atoms with Gasteiger partial charge in [-0.15, -0.1) is 4.40 Å². The standard InChI is InChI=1S/C21H19N3O3S/c25-21(18-10-11-20-23-28(26,27)13-12-24(20)15-18)22-19-9-5-4-8-17(19)14-16-6-2-1-3-7-16/h1-11,15H,12-14H2,(H,22,25). The zero-order chi connectivity index (χ0) is 19.6. The van der Waals surface area contributed by atoms with E-state index in [2.05, 4.69) is 21.8 Å². The van der Waals surface area contributed by atoms with Crippen molar-refractivity contribution in [1.82, 2.24) is 4.90 Å². The molecular weight excluding hydrogens is 374 g/mol. The summed E-state index contributed by atoms with van der Waals surface area (Å²) in [7, 11) is -3.41. The van der Waals surface area contributed by atoms with E-state index in [1.165, 1.54) is 0 Å². The Morgan fingerprint density at radius 1 is 1.04 bits per heavy atom. The van der Waals surface area contributed by atoms with Crippen molar-refractivity contribution in [1.29, 1.82) is 0 Å². The lowest BCUT2D eigenvalue weighted by Gasteiger charge is -2.27. The summed E-state index contributed by atoms with van der Waals surface area (Å²) >= 11 is 0. The monoisotopic (exact) mass is 393 g/mol. The second kappa shape index (κ2) is 7.44. The summed E-state index contributed by atoms with van der Waals surface area (Å²) < 4.78 is 26.9. The van der Waals surface area contributed by atoms with Gasteiger partial charge in [-0.05, 0) is 35.8 Å². The number of sulfonamides is 1. The Morgan fingerprint density at radius 2 is 1.79 bits per heavy atom. The molecule has 0 aromatic heterocycles. The topological polar surface area (TPSA) is 78.8 Å². The minimum Gasteiger partial charge on any atom is -0.330 e. The van der Waals surface area contributed by atoms with Gasteiger partial charge in [0.05, 0.1) is 11.3 Å². The van der Waals surface area contributed by atoms with Crippen molar-refractivity contribution in [2.75, 3.05) is 17.6 Å². The van der Waals surface area contributed by atoms with Crippen molar-refractivity contribution in [3.05, 3.63) is 89.6 Å². The number of carbonyl (C=O) groups excluding carboxylic acids is 1. The molecule has 0 saturated carbocycles. The Labute approximate surface area is 164 Å². The Hall–Kier alpha value is -3.19. The number of amidine groups is 1. The van der Waals surface area contributed by atoms with Crippen LogP contribution in [0.3, 0.4) is 0 Å². The first kappa shape index (κ1) is 18.2.